The fraction of sp³-hybridized carbons (Fsp3) is 0.467. The van der Waals surface area contributed by atoms with E-state index in [-0.39, 0.29) is 17.6 Å². The van der Waals surface area contributed by atoms with E-state index in [0.717, 1.165) is 0 Å². The highest BCUT2D eigenvalue weighted by Gasteiger charge is 2.24. The van der Waals surface area contributed by atoms with E-state index < -0.39 is 6.04 Å². The fourth-order valence-electron chi connectivity index (χ4n) is 2.30. The van der Waals surface area contributed by atoms with E-state index in [1.807, 2.05) is 0 Å². The van der Waals surface area contributed by atoms with Crippen LogP contribution in [0, 0.1) is 6.92 Å². The number of aryl methyl sites for hydroxylation is 1. The van der Waals surface area contributed by atoms with Crippen LogP contribution < -0.4 is 5.32 Å². The van der Waals surface area contributed by atoms with Gasteiger partial charge in [-0.15, -0.1) is 0 Å². The zero-order valence-corrected chi connectivity index (χ0v) is 12.3. The largest absolute Gasteiger partial charge is 0.508 e. The van der Waals surface area contributed by atoms with Crippen molar-refractivity contribution in [2.45, 2.75) is 19.9 Å². The van der Waals surface area contributed by atoms with E-state index >= 15 is 0 Å². The van der Waals surface area contributed by atoms with Crippen molar-refractivity contribution in [2.24, 2.45) is 0 Å². The number of benzene rings is 1. The Morgan fingerprint density at radius 3 is 2.62 bits per heavy atom. The predicted molar refractivity (Wildman–Crippen MR) is 77.2 cm³/mol. The maximum absolute atomic E-state index is 12.2. The molecule has 1 aromatic rings. The van der Waals surface area contributed by atoms with Gasteiger partial charge in [0.1, 0.15) is 11.8 Å². The summed E-state index contributed by atoms with van der Waals surface area (Å²) < 4.78 is 5.20. The van der Waals surface area contributed by atoms with Gasteiger partial charge in [0.25, 0.3) is 5.91 Å². The molecule has 1 heterocycles. The fourth-order valence-corrected chi connectivity index (χ4v) is 2.30. The molecule has 2 amide bonds. The standard InChI is InChI=1S/C15H20N2O4/c1-10-9-12(18)3-4-13(10)14(19)16-11(2)15(20)17-5-7-21-8-6-17/h3-4,9,11,18H,5-8H2,1-2H3,(H,16,19). The highest BCUT2D eigenvalue weighted by molar-refractivity contribution is 5.98. The minimum Gasteiger partial charge on any atom is -0.508 e. The van der Waals surface area contributed by atoms with Crippen LogP contribution in [0.5, 0.6) is 5.75 Å². The SMILES string of the molecule is Cc1cc(O)ccc1C(=O)NC(C)C(=O)N1CCOCC1. The number of ether oxygens (including phenoxy) is 1. The van der Waals surface area contributed by atoms with Gasteiger partial charge in [0.2, 0.25) is 5.91 Å². The lowest BCUT2D eigenvalue weighted by atomic mass is 10.1. The molecule has 1 fully saturated rings. The molecule has 1 unspecified atom stereocenters. The number of amides is 2. The number of morpholine rings is 1. The first-order chi connectivity index (χ1) is 9.99. The van der Waals surface area contributed by atoms with Crippen molar-refractivity contribution in [3.63, 3.8) is 0 Å². The van der Waals surface area contributed by atoms with E-state index in [1.165, 1.54) is 12.1 Å². The lowest BCUT2D eigenvalue weighted by molar-refractivity contribution is -0.136. The molecule has 2 N–H and O–H groups in total. The quantitative estimate of drug-likeness (QED) is 0.858. The lowest BCUT2D eigenvalue weighted by Crippen LogP contribution is -2.50. The summed E-state index contributed by atoms with van der Waals surface area (Å²) in [4.78, 5) is 26.1. The molecule has 1 atom stereocenters. The summed E-state index contributed by atoms with van der Waals surface area (Å²) >= 11 is 0. The molecule has 21 heavy (non-hydrogen) atoms. The Bertz CT molecular complexity index is 538. The number of rotatable bonds is 3. The van der Waals surface area contributed by atoms with Crippen molar-refractivity contribution in [2.75, 3.05) is 26.3 Å². The summed E-state index contributed by atoms with van der Waals surface area (Å²) in [6, 6.07) is 3.93. The highest BCUT2D eigenvalue weighted by Crippen LogP contribution is 2.15. The Morgan fingerprint density at radius 2 is 2.00 bits per heavy atom. The van der Waals surface area contributed by atoms with Crippen molar-refractivity contribution in [3.8, 4) is 5.75 Å². The molecule has 0 spiro atoms. The molecule has 1 aliphatic heterocycles. The number of nitrogens with one attached hydrogen (secondary N) is 1. The number of hydrogen-bond donors (Lipinski definition) is 2. The summed E-state index contributed by atoms with van der Waals surface area (Å²) in [5.41, 5.74) is 1.12. The van der Waals surface area contributed by atoms with Crippen LogP contribution in [0.3, 0.4) is 0 Å². The average molecular weight is 292 g/mol. The summed E-state index contributed by atoms with van der Waals surface area (Å²) in [6.45, 7) is 5.58. The second-order valence-corrected chi connectivity index (χ2v) is 5.13. The predicted octanol–water partition coefficient (Wildman–Crippen LogP) is 0.678. The molecule has 0 radical (unpaired) electrons. The van der Waals surface area contributed by atoms with Gasteiger partial charge in [-0.1, -0.05) is 0 Å². The van der Waals surface area contributed by atoms with Crippen LogP contribution in [-0.2, 0) is 9.53 Å². The van der Waals surface area contributed by atoms with E-state index in [9.17, 15) is 14.7 Å². The average Bonchev–Trinajstić information content (AvgIpc) is 2.47. The summed E-state index contributed by atoms with van der Waals surface area (Å²) in [6.07, 6.45) is 0. The number of hydrogen-bond acceptors (Lipinski definition) is 4. The Morgan fingerprint density at radius 1 is 1.33 bits per heavy atom. The third-order valence-corrected chi connectivity index (χ3v) is 3.50. The van der Waals surface area contributed by atoms with Crippen LogP contribution in [0.1, 0.15) is 22.8 Å². The molecule has 1 aliphatic rings. The van der Waals surface area contributed by atoms with Crippen molar-refractivity contribution >= 4 is 11.8 Å². The van der Waals surface area contributed by atoms with Gasteiger partial charge in [-0.2, -0.15) is 0 Å². The van der Waals surface area contributed by atoms with E-state index in [2.05, 4.69) is 5.32 Å². The van der Waals surface area contributed by atoms with Crippen LogP contribution in [0.15, 0.2) is 18.2 Å². The normalized spacial score (nSPS) is 16.4. The number of carbonyl (C=O) groups is 2. The molecular weight excluding hydrogens is 272 g/mol. The Hall–Kier alpha value is -2.08. The van der Waals surface area contributed by atoms with Crippen molar-refractivity contribution < 1.29 is 19.4 Å². The highest BCUT2D eigenvalue weighted by atomic mass is 16.5. The van der Waals surface area contributed by atoms with Crippen LogP contribution in [0.4, 0.5) is 0 Å². The van der Waals surface area contributed by atoms with Gasteiger partial charge < -0.3 is 20.1 Å². The van der Waals surface area contributed by atoms with Crippen molar-refractivity contribution in [1.82, 2.24) is 10.2 Å². The molecule has 6 heteroatoms. The Labute approximate surface area is 123 Å². The minimum atomic E-state index is -0.594. The van der Waals surface area contributed by atoms with Gasteiger partial charge in [-0.25, -0.2) is 0 Å². The van der Waals surface area contributed by atoms with Crippen molar-refractivity contribution in [1.29, 1.82) is 0 Å². The molecular formula is C15H20N2O4. The van der Waals surface area contributed by atoms with Crippen molar-refractivity contribution in [3.05, 3.63) is 29.3 Å². The van der Waals surface area contributed by atoms with Gasteiger partial charge >= 0.3 is 0 Å². The van der Waals surface area contributed by atoms with Gasteiger partial charge in [-0.3, -0.25) is 9.59 Å². The molecule has 0 bridgehead atoms. The number of carbonyl (C=O) groups excluding carboxylic acids is 2. The molecule has 0 aromatic heterocycles. The Balaban J connectivity index is 1.99. The smallest absolute Gasteiger partial charge is 0.252 e. The van der Waals surface area contributed by atoms with E-state index in [1.54, 1.807) is 24.8 Å². The van der Waals surface area contributed by atoms with Gasteiger partial charge in [0.05, 0.1) is 13.2 Å². The summed E-state index contributed by atoms with van der Waals surface area (Å²) in [5.74, 6) is -0.314. The molecule has 1 aromatic carbocycles. The Kier molecular flexibility index (Phi) is 4.80. The summed E-state index contributed by atoms with van der Waals surface area (Å²) in [5, 5.41) is 12.1. The summed E-state index contributed by atoms with van der Waals surface area (Å²) in [7, 11) is 0. The zero-order valence-electron chi connectivity index (χ0n) is 12.3. The van der Waals surface area contributed by atoms with Crippen LogP contribution in [0.25, 0.3) is 0 Å². The third kappa shape index (κ3) is 3.72. The van der Waals surface area contributed by atoms with E-state index in [0.29, 0.717) is 37.4 Å². The number of phenolic OH excluding ortho intramolecular Hbond substituents is 1. The zero-order chi connectivity index (χ0) is 15.4. The maximum Gasteiger partial charge on any atom is 0.252 e. The number of phenols is 1. The number of aromatic hydroxyl groups is 1. The van der Waals surface area contributed by atoms with Crippen LogP contribution in [-0.4, -0.2) is 54.2 Å². The minimum absolute atomic E-state index is 0.108. The van der Waals surface area contributed by atoms with Gasteiger partial charge in [-0.05, 0) is 37.6 Å². The van der Waals surface area contributed by atoms with E-state index in [4.69, 9.17) is 4.74 Å². The van der Waals surface area contributed by atoms with Gasteiger partial charge in [0, 0.05) is 18.7 Å². The van der Waals surface area contributed by atoms with Crippen LogP contribution in [0.2, 0.25) is 0 Å². The molecule has 0 aliphatic carbocycles. The maximum atomic E-state index is 12.2. The van der Waals surface area contributed by atoms with Gasteiger partial charge in [0.15, 0.2) is 0 Å². The number of nitrogens with zero attached hydrogens (tertiary/aromatic N) is 1. The second kappa shape index (κ2) is 6.58. The molecule has 6 nitrogen and oxygen atoms in total. The third-order valence-electron chi connectivity index (χ3n) is 3.50. The second-order valence-electron chi connectivity index (χ2n) is 5.13. The molecule has 114 valence electrons. The first-order valence-electron chi connectivity index (χ1n) is 6.96. The van der Waals surface area contributed by atoms with Crippen LogP contribution >= 0.6 is 0 Å². The first kappa shape index (κ1) is 15.3. The molecule has 2 rings (SSSR count). The lowest BCUT2D eigenvalue weighted by Gasteiger charge is -2.29. The first-order valence-corrected chi connectivity index (χ1v) is 6.96. The molecule has 1 saturated heterocycles. The molecule has 0 saturated carbocycles. The monoisotopic (exact) mass is 292 g/mol. The topological polar surface area (TPSA) is 78.9 Å².